The molecular formula is C15H23N7S. The van der Waals surface area contributed by atoms with Crippen LogP contribution in [0.25, 0.3) is 0 Å². The van der Waals surface area contributed by atoms with Crippen molar-refractivity contribution >= 4 is 17.7 Å². The molecule has 0 aliphatic carbocycles. The quantitative estimate of drug-likeness (QED) is 0.851. The second-order valence-corrected chi connectivity index (χ2v) is 7.22. The highest BCUT2D eigenvalue weighted by atomic mass is 32.2. The van der Waals surface area contributed by atoms with Gasteiger partial charge in [0.1, 0.15) is 11.6 Å². The average molecular weight is 333 g/mol. The Hall–Kier alpha value is -1.70. The van der Waals surface area contributed by atoms with Gasteiger partial charge in [-0.2, -0.15) is 9.97 Å². The van der Waals surface area contributed by atoms with E-state index in [-0.39, 0.29) is 5.92 Å². The minimum absolute atomic E-state index is 0.256. The van der Waals surface area contributed by atoms with Crippen LogP contribution in [0.2, 0.25) is 0 Å². The third-order valence-corrected chi connectivity index (χ3v) is 4.64. The molecule has 0 fully saturated rings. The summed E-state index contributed by atoms with van der Waals surface area (Å²) in [7, 11) is 3.88. The summed E-state index contributed by atoms with van der Waals surface area (Å²) in [5.41, 5.74) is 0. The monoisotopic (exact) mass is 333 g/mol. The second kappa shape index (κ2) is 6.82. The standard InChI is InChI=1S/C15H23N7S/c1-10(2)12-16-13(21(3)4)18-14(17-12)23-15-20-19-11-8-6-5-7-9-22(11)15/h10H,5-9H2,1-4H3. The van der Waals surface area contributed by atoms with E-state index < -0.39 is 0 Å². The van der Waals surface area contributed by atoms with Gasteiger partial charge in [0.2, 0.25) is 11.1 Å². The fourth-order valence-electron chi connectivity index (χ4n) is 2.48. The zero-order valence-corrected chi connectivity index (χ0v) is 15.0. The number of fused-ring (bicyclic) bond motifs is 1. The molecule has 0 radical (unpaired) electrons. The van der Waals surface area contributed by atoms with E-state index in [9.17, 15) is 0 Å². The van der Waals surface area contributed by atoms with Gasteiger partial charge in [0.15, 0.2) is 5.16 Å². The third kappa shape index (κ3) is 3.63. The Morgan fingerprint density at radius 1 is 1.04 bits per heavy atom. The average Bonchev–Trinajstić information content (AvgIpc) is 2.74. The van der Waals surface area contributed by atoms with Crippen molar-refractivity contribution in [2.24, 2.45) is 0 Å². The maximum absolute atomic E-state index is 4.60. The molecule has 1 aliphatic rings. The van der Waals surface area contributed by atoms with Gasteiger partial charge >= 0.3 is 0 Å². The van der Waals surface area contributed by atoms with Crippen LogP contribution in [-0.2, 0) is 13.0 Å². The number of anilines is 1. The van der Waals surface area contributed by atoms with Crippen LogP contribution in [0.3, 0.4) is 0 Å². The summed E-state index contributed by atoms with van der Waals surface area (Å²) in [5.74, 6) is 2.83. The number of nitrogens with zero attached hydrogens (tertiary/aromatic N) is 7. The molecule has 23 heavy (non-hydrogen) atoms. The molecule has 0 saturated carbocycles. The molecule has 2 aromatic rings. The van der Waals surface area contributed by atoms with Gasteiger partial charge in [-0.25, -0.2) is 4.98 Å². The Morgan fingerprint density at radius 2 is 1.87 bits per heavy atom. The van der Waals surface area contributed by atoms with E-state index in [4.69, 9.17) is 0 Å². The lowest BCUT2D eigenvalue weighted by molar-refractivity contribution is 0.590. The van der Waals surface area contributed by atoms with Gasteiger partial charge in [-0.3, -0.25) is 0 Å². The number of hydrogen-bond acceptors (Lipinski definition) is 7. The largest absolute Gasteiger partial charge is 0.347 e. The van der Waals surface area contributed by atoms with Gasteiger partial charge in [0.25, 0.3) is 0 Å². The van der Waals surface area contributed by atoms with Crippen LogP contribution in [0, 0.1) is 0 Å². The molecular weight excluding hydrogens is 310 g/mol. The van der Waals surface area contributed by atoms with Crippen molar-refractivity contribution in [3.05, 3.63) is 11.6 Å². The van der Waals surface area contributed by atoms with E-state index in [1.807, 2.05) is 19.0 Å². The molecule has 2 aromatic heterocycles. The van der Waals surface area contributed by atoms with Crippen molar-refractivity contribution in [1.29, 1.82) is 0 Å². The van der Waals surface area contributed by atoms with Crippen LogP contribution < -0.4 is 4.90 Å². The summed E-state index contributed by atoms with van der Waals surface area (Å²) in [6.07, 6.45) is 4.62. The number of rotatable bonds is 4. The molecule has 0 saturated heterocycles. The summed E-state index contributed by atoms with van der Waals surface area (Å²) in [4.78, 5) is 15.6. The first-order chi connectivity index (χ1) is 11.0. The summed E-state index contributed by atoms with van der Waals surface area (Å²) >= 11 is 1.48. The lowest BCUT2D eigenvalue weighted by atomic mass is 10.2. The van der Waals surface area contributed by atoms with Crippen molar-refractivity contribution in [1.82, 2.24) is 29.7 Å². The minimum atomic E-state index is 0.256. The highest BCUT2D eigenvalue weighted by Crippen LogP contribution is 2.27. The maximum Gasteiger partial charge on any atom is 0.229 e. The number of aryl methyl sites for hydroxylation is 1. The highest BCUT2D eigenvalue weighted by Gasteiger charge is 2.18. The second-order valence-electron chi connectivity index (χ2n) is 6.29. The Bertz CT molecular complexity index is 654. The van der Waals surface area contributed by atoms with Crippen LogP contribution in [0.4, 0.5) is 5.95 Å². The minimum Gasteiger partial charge on any atom is -0.347 e. The van der Waals surface area contributed by atoms with E-state index in [0.29, 0.717) is 11.1 Å². The van der Waals surface area contributed by atoms with Crippen LogP contribution in [0.5, 0.6) is 0 Å². The molecule has 3 rings (SSSR count). The summed E-state index contributed by atoms with van der Waals surface area (Å²) in [5, 5.41) is 10.3. The van der Waals surface area contributed by atoms with Gasteiger partial charge in [0.05, 0.1) is 0 Å². The Kier molecular flexibility index (Phi) is 4.79. The lowest BCUT2D eigenvalue weighted by Gasteiger charge is -2.14. The molecule has 0 spiro atoms. The van der Waals surface area contributed by atoms with E-state index in [1.54, 1.807) is 0 Å². The molecule has 0 N–H and O–H groups in total. The molecule has 7 nitrogen and oxygen atoms in total. The first-order valence-corrected chi connectivity index (χ1v) is 8.89. The molecule has 0 unspecified atom stereocenters. The van der Waals surface area contributed by atoms with Crippen molar-refractivity contribution in [3.63, 3.8) is 0 Å². The van der Waals surface area contributed by atoms with E-state index >= 15 is 0 Å². The maximum atomic E-state index is 4.60. The van der Waals surface area contributed by atoms with E-state index in [2.05, 4.69) is 43.6 Å². The SMILES string of the molecule is CC(C)c1nc(Sc2nnc3n2CCCCC3)nc(N(C)C)n1. The predicted octanol–water partition coefficient (Wildman–Crippen LogP) is 2.53. The predicted molar refractivity (Wildman–Crippen MR) is 89.9 cm³/mol. The molecule has 0 amide bonds. The number of hydrogen-bond donors (Lipinski definition) is 0. The van der Waals surface area contributed by atoms with Crippen LogP contribution >= 0.6 is 11.8 Å². The van der Waals surface area contributed by atoms with Crippen LogP contribution in [0.1, 0.15) is 50.7 Å². The van der Waals surface area contributed by atoms with Crippen molar-refractivity contribution in [2.75, 3.05) is 19.0 Å². The first kappa shape index (κ1) is 16.2. The topological polar surface area (TPSA) is 72.6 Å². The molecule has 0 bridgehead atoms. The van der Waals surface area contributed by atoms with E-state index in [1.165, 1.54) is 31.0 Å². The van der Waals surface area contributed by atoms with Crippen molar-refractivity contribution in [2.45, 2.75) is 62.3 Å². The van der Waals surface area contributed by atoms with Gasteiger partial charge in [-0.1, -0.05) is 20.3 Å². The fourth-order valence-corrected chi connectivity index (χ4v) is 3.30. The zero-order valence-electron chi connectivity index (χ0n) is 14.2. The van der Waals surface area contributed by atoms with E-state index in [0.717, 1.165) is 29.8 Å². The van der Waals surface area contributed by atoms with Gasteiger partial charge in [-0.15, -0.1) is 10.2 Å². The summed E-state index contributed by atoms with van der Waals surface area (Å²) in [6, 6.07) is 0. The number of aromatic nitrogens is 6. The lowest BCUT2D eigenvalue weighted by Crippen LogP contribution is -2.16. The summed E-state index contributed by atoms with van der Waals surface area (Å²) in [6.45, 7) is 5.16. The molecule has 3 heterocycles. The smallest absolute Gasteiger partial charge is 0.229 e. The highest BCUT2D eigenvalue weighted by molar-refractivity contribution is 7.99. The fraction of sp³-hybridized carbons (Fsp3) is 0.667. The van der Waals surface area contributed by atoms with Gasteiger partial charge in [-0.05, 0) is 24.6 Å². The molecule has 124 valence electrons. The Labute approximate surface area is 141 Å². The molecule has 1 aliphatic heterocycles. The zero-order chi connectivity index (χ0) is 16.4. The van der Waals surface area contributed by atoms with Crippen LogP contribution in [-0.4, -0.2) is 43.8 Å². The first-order valence-electron chi connectivity index (χ1n) is 8.08. The normalized spacial score (nSPS) is 14.7. The van der Waals surface area contributed by atoms with Gasteiger partial charge in [0, 0.05) is 33.0 Å². The van der Waals surface area contributed by atoms with Crippen molar-refractivity contribution < 1.29 is 0 Å². The molecule has 8 heteroatoms. The van der Waals surface area contributed by atoms with Crippen LogP contribution in [0.15, 0.2) is 10.3 Å². The summed E-state index contributed by atoms with van der Waals surface area (Å²) < 4.78 is 2.21. The molecule has 0 atom stereocenters. The Morgan fingerprint density at radius 3 is 2.61 bits per heavy atom. The van der Waals surface area contributed by atoms with Gasteiger partial charge < -0.3 is 9.47 Å². The Balaban J connectivity index is 1.92. The molecule has 0 aromatic carbocycles. The third-order valence-electron chi connectivity index (χ3n) is 3.79. The van der Waals surface area contributed by atoms with Crippen molar-refractivity contribution in [3.8, 4) is 0 Å².